The number of nitriles is 1. The lowest BCUT2D eigenvalue weighted by atomic mass is 9.87. The molecular formula is C17H19F3N2O4. The maximum Gasteiger partial charge on any atom is 0.416 e. The van der Waals surface area contributed by atoms with Gasteiger partial charge in [0.1, 0.15) is 5.60 Å². The Balaban J connectivity index is 3.12. The van der Waals surface area contributed by atoms with E-state index in [4.69, 9.17) is 10.00 Å². The third-order valence-electron chi connectivity index (χ3n) is 3.32. The number of nitrogens with one attached hydrogen (secondary N) is 1. The maximum atomic E-state index is 12.6. The molecule has 0 spiro atoms. The van der Waals surface area contributed by atoms with Crippen molar-refractivity contribution in [1.82, 2.24) is 5.32 Å². The van der Waals surface area contributed by atoms with E-state index in [0.717, 1.165) is 24.3 Å². The summed E-state index contributed by atoms with van der Waals surface area (Å²) in [5.41, 5.74) is -3.60. The number of aliphatic carboxylic acids is 1. The molecule has 1 rings (SSSR count). The quantitative estimate of drug-likeness (QED) is 0.824. The average Bonchev–Trinajstić information content (AvgIpc) is 2.44. The summed E-state index contributed by atoms with van der Waals surface area (Å²) in [4.78, 5) is 23.7. The number of amides is 1. The Morgan fingerprint density at radius 1 is 1.19 bits per heavy atom. The summed E-state index contributed by atoms with van der Waals surface area (Å²) in [5.74, 6) is -1.50. The van der Waals surface area contributed by atoms with E-state index < -0.39 is 41.4 Å². The molecule has 0 aromatic heterocycles. The number of halogens is 3. The Morgan fingerprint density at radius 3 is 2.12 bits per heavy atom. The second kappa shape index (κ2) is 7.64. The summed E-state index contributed by atoms with van der Waals surface area (Å²) in [6, 6.07) is 5.51. The van der Waals surface area contributed by atoms with Gasteiger partial charge in [-0.2, -0.15) is 18.4 Å². The van der Waals surface area contributed by atoms with E-state index in [2.05, 4.69) is 5.32 Å². The Bertz CT molecular complexity index is 703. The standard InChI is InChI=1S/C17H19F3N2O4/c1-15(2,3)26-14(25)22-16(8-9-21,13(23)24)10-11-4-6-12(7-5-11)17(18,19)20/h4-7H,8,10H2,1-3H3,(H,22,25)(H,23,24)/t16-/m1/s1. The van der Waals surface area contributed by atoms with E-state index in [-0.39, 0.29) is 12.0 Å². The van der Waals surface area contributed by atoms with E-state index >= 15 is 0 Å². The molecule has 0 unspecified atom stereocenters. The first kappa shape index (κ1) is 21.3. The molecule has 0 bridgehead atoms. The van der Waals surface area contributed by atoms with Crippen LogP contribution in [0.2, 0.25) is 0 Å². The van der Waals surface area contributed by atoms with Crippen molar-refractivity contribution >= 4 is 12.1 Å². The maximum absolute atomic E-state index is 12.6. The molecule has 1 aromatic rings. The largest absolute Gasteiger partial charge is 0.479 e. The van der Waals surface area contributed by atoms with Crippen molar-refractivity contribution in [3.63, 3.8) is 0 Å². The number of rotatable bonds is 5. The molecule has 6 nitrogen and oxygen atoms in total. The van der Waals surface area contributed by atoms with Crippen LogP contribution in [0, 0.1) is 11.3 Å². The third-order valence-corrected chi connectivity index (χ3v) is 3.32. The normalized spacial score (nSPS) is 14.0. The van der Waals surface area contributed by atoms with Gasteiger partial charge in [0.2, 0.25) is 0 Å². The number of benzene rings is 1. The highest BCUT2D eigenvalue weighted by molar-refractivity contribution is 5.85. The first-order chi connectivity index (χ1) is 11.8. The SMILES string of the molecule is CC(C)(C)OC(=O)N[C@](CC#N)(Cc1ccc(C(F)(F)F)cc1)C(=O)O. The van der Waals surface area contributed by atoms with Gasteiger partial charge in [0.15, 0.2) is 5.54 Å². The van der Waals surface area contributed by atoms with Gasteiger partial charge in [-0.05, 0) is 38.5 Å². The lowest BCUT2D eigenvalue weighted by Gasteiger charge is -2.30. The number of hydrogen-bond donors (Lipinski definition) is 2. The molecule has 0 saturated carbocycles. The summed E-state index contributed by atoms with van der Waals surface area (Å²) in [5, 5.41) is 20.7. The minimum Gasteiger partial charge on any atom is -0.479 e. The monoisotopic (exact) mass is 372 g/mol. The van der Waals surface area contributed by atoms with Gasteiger partial charge in [0.05, 0.1) is 18.1 Å². The first-order valence-corrected chi connectivity index (χ1v) is 7.57. The Hall–Kier alpha value is -2.76. The van der Waals surface area contributed by atoms with Crippen molar-refractivity contribution in [3.05, 3.63) is 35.4 Å². The number of carbonyl (C=O) groups is 2. The summed E-state index contributed by atoms with van der Waals surface area (Å²) in [6.45, 7) is 4.74. The fourth-order valence-electron chi connectivity index (χ4n) is 2.15. The molecule has 0 aliphatic rings. The molecule has 0 aliphatic carbocycles. The van der Waals surface area contributed by atoms with E-state index in [1.807, 2.05) is 0 Å². The van der Waals surface area contributed by atoms with Gasteiger partial charge in [-0.1, -0.05) is 12.1 Å². The highest BCUT2D eigenvalue weighted by atomic mass is 19.4. The van der Waals surface area contributed by atoms with Crippen molar-refractivity contribution in [2.45, 2.75) is 50.9 Å². The average molecular weight is 372 g/mol. The number of carboxylic acid groups (broad SMARTS) is 1. The molecule has 1 amide bonds. The molecule has 26 heavy (non-hydrogen) atoms. The predicted molar refractivity (Wildman–Crippen MR) is 85.1 cm³/mol. The van der Waals surface area contributed by atoms with Gasteiger partial charge in [-0.15, -0.1) is 0 Å². The number of carboxylic acids is 1. The first-order valence-electron chi connectivity index (χ1n) is 7.57. The summed E-state index contributed by atoms with van der Waals surface area (Å²) in [7, 11) is 0. The minimum absolute atomic E-state index is 0.215. The topological polar surface area (TPSA) is 99.4 Å². The molecule has 0 fully saturated rings. The second-order valence-electron chi connectivity index (χ2n) is 6.72. The van der Waals surface area contributed by atoms with E-state index in [9.17, 15) is 27.9 Å². The molecule has 9 heteroatoms. The van der Waals surface area contributed by atoms with Crippen molar-refractivity contribution in [3.8, 4) is 6.07 Å². The zero-order valence-corrected chi connectivity index (χ0v) is 14.5. The number of ether oxygens (including phenoxy) is 1. The number of hydrogen-bond acceptors (Lipinski definition) is 4. The Morgan fingerprint density at radius 2 is 1.73 bits per heavy atom. The second-order valence-corrected chi connectivity index (χ2v) is 6.72. The highest BCUT2D eigenvalue weighted by Gasteiger charge is 2.42. The van der Waals surface area contributed by atoms with Gasteiger partial charge < -0.3 is 15.2 Å². The molecule has 0 aliphatic heterocycles. The number of carbonyl (C=O) groups excluding carboxylic acids is 1. The van der Waals surface area contributed by atoms with Crippen LogP contribution in [0.25, 0.3) is 0 Å². The Labute approximate surface area is 148 Å². The van der Waals surface area contributed by atoms with Gasteiger partial charge in [0.25, 0.3) is 0 Å². The zero-order chi connectivity index (χ0) is 20.2. The van der Waals surface area contributed by atoms with Crippen LogP contribution in [-0.4, -0.2) is 28.3 Å². The van der Waals surface area contributed by atoms with Crippen LogP contribution < -0.4 is 5.32 Å². The number of alkyl halides is 3. The molecule has 0 saturated heterocycles. The molecule has 2 N–H and O–H groups in total. The molecule has 142 valence electrons. The zero-order valence-electron chi connectivity index (χ0n) is 14.5. The predicted octanol–water partition coefficient (Wildman–Crippen LogP) is 3.51. The highest BCUT2D eigenvalue weighted by Crippen LogP contribution is 2.30. The van der Waals surface area contributed by atoms with Crippen LogP contribution in [0.15, 0.2) is 24.3 Å². The molecular weight excluding hydrogens is 353 g/mol. The smallest absolute Gasteiger partial charge is 0.416 e. The van der Waals surface area contributed by atoms with Crippen LogP contribution >= 0.6 is 0 Å². The van der Waals surface area contributed by atoms with Gasteiger partial charge in [-0.25, -0.2) is 9.59 Å². The molecule has 0 radical (unpaired) electrons. The van der Waals surface area contributed by atoms with E-state index in [1.54, 1.807) is 26.8 Å². The lowest BCUT2D eigenvalue weighted by Crippen LogP contribution is -2.56. The van der Waals surface area contributed by atoms with E-state index in [0.29, 0.717) is 0 Å². The Kier molecular flexibility index (Phi) is 6.25. The van der Waals surface area contributed by atoms with Gasteiger partial charge in [0, 0.05) is 6.42 Å². The van der Waals surface area contributed by atoms with Gasteiger partial charge in [-0.3, -0.25) is 0 Å². The van der Waals surface area contributed by atoms with Crippen LogP contribution in [-0.2, 0) is 22.1 Å². The molecule has 1 atom stereocenters. The van der Waals surface area contributed by atoms with Crippen LogP contribution in [0.1, 0.15) is 38.3 Å². The lowest BCUT2D eigenvalue weighted by molar-refractivity contribution is -0.144. The van der Waals surface area contributed by atoms with Crippen LogP contribution in [0.5, 0.6) is 0 Å². The van der Waals surface area contributed by atoms with Crippen molar-refractivity contribution in [1.29, 1.82) is 5.26 Å². The number of alkyl carbamates (subject to hydrolysis) is 1. The fourth-order valence-corrected chi connectivity index (χ4v) is 2.15. The fraction of sp³-hybridized carbons (Fsp3) is 0.471. The van der Waals surface area contributed by atoms with Crippen LogP contribution in [0.3, 0.4) is 0 Å². The number of nitrogens with zero attached hydrogens (tertiary/aromatic N) is 1. The van der Waals surface area contributed by atoms with Crippen LogP contribution in [0.4, 0.5) is 18.0 Å². The van der Waals surface area contributed by atoms with Crippen molar-refractivity contribution < 1.29 is 32.6 Å². The summed E-state index contributed by atoms with van der Waals surface area (Å²) < 4.78 is 42.9. The van der Waals surface area contributed by atoms with E-state index in [1.165, 1.54) is 0 Å². The van der Waals surface area contributed by atoms with Gasteiger partial charge >= 0.3 is 18.2 Å². The summed E-state index contributed by atoms with van der Waals surface area (Å²) >= 11 is 0. The minimum atomic E-state index is -4.52. The summed E-state index contributed by atoms with van der Waals surface area (Å²) in [6.07, 6.45) is -6.54. The third kappa shape index (κ3) is 5.95. The van der Waals surface area contributed by atoms with Crippen molar-refractivity contribution in [2.75, 3.05) is 0 Å². The molecule has 0 heterocycles. The van der Waals surface area contributed by atoms with Crippen molar-refractivity contribution in [2.24, 2.45) is 0 Å². The molecule has 1 aromatic carbocycles.